The van der Waals surface area contributed by atoms with E-state index in [1.54, 1.807) is 6.92 Å². The molecule has 3 nitrogen and oxygen atoms in total. The van der Waals surface area contributed by atoms with E-state index in [4.69, 9.17) is 5.73 Å². The molecule has 2 N–H and O–H groups in total. The topological polar surface area (TPSA) is 60.2 Å². The summed E-state index contributed by atoms with van der Waals surface area (Å²) in [6, 6.07) is 0. The van der Waals surface area contributed by atoms with E-state index in [9.17, 15) is 9.59 Å². The second-order valence-electron chi connectivity index (χ2n) is 2.52. The van der Waals surface area contributed by atoms with Crippen molar-refractivity contribution in [2.24, 2.45) is 11.7 Å². The third-order valence-electron chi connectivity index (χ3n) is 1.52. The van der Waals surface area contributed by atoms with Crippen LogP contribution in [0.25, 0.3) is 0 Å². The van der Waals surface area contributed by atoms with Crippen LogP contribution in [0.4, 0.5) is 0 Å². The molecule has 0 radical (unpaired) electrons. The van der Waals surface area contributed by atoms with Crippen LogP contribution in [0.15, 0.2) is 0 Å². The highest BCUT2D eigenvalue weighted by Crippen LogP contribution is 2.04. The zero-order valence-electron chi connectivity index (χ0n) is 6.39. The summed E-state index contributed by atoms with van der Waals surface area (Å²) in [7, 11) is 0. The molecule has 0 saturated carbocycles. The number of hydrogen-bond acceptors (Lipinski definition) is 2. The third kappa shape index (κ3) is 4.06. The normalized spacial score (nSPS) is 12.6. The summed E-state index contributed by atoms with van der Waals surface area (Å²) >= 11 is 0. The first-order valence-electron chi connectivity index (χ1n) is 3.32. The molecule has 58 valence electrons. The second-order valence-corrected chi connectivity index (χ2v) is 2.52. The number of rotatable bonds is 4. The first-order valence-corrected chi connectivity index (χ1v) is 3.32. The minimum Gasteiger partial charge on any atom is -0.370 e. The molecule has 10 heavy (non-hydrogen) atoms. The van der Waals surface area contributed by atoms with Gasteiger partial charge in [0, 0.05) is 12.3 Å². The lowest BCUT2D eigenvalue weighted by atomic mass is 10.0. The molecule has 0 aromatic heterocycles. The van der Waals surface area contributed by atoms with Crippen LogP contribution in [0.5, 0.6) is 0 Å². The fourth-order valence-electron chi connectivity index (χ4n) is 0.562. The van der Waals surface area contributed by atoms with Gasteiger partial charge in [-0.3, -0.25) is 9.59 Å². The molecule has 0 spiro atoms. The number of nitrogens with two attached hydrogens (primary N) is 1. The standard InChI is InChI=1S/C7H13NO2/c1-5(6(2)9)3-4-7(8)10/h5H,3-4H2,1-2H3,(H2,8,10). The zero-order chi connectivity index (χ0) is 8.15. The van der Waals surface area contributed by atoms with Crippen LogP contribution < -0.4 is 5.73 Å². The number of amides is 1. The van der Waals surface area contributed by atoms with Crippen molar-refractivity contribution in [3.63, 3.8) is 0 Å². The number of hydrogen-bond donors (Lipinski definition) is 1. The molecule has 0 heterocycles. The summed E-state index contributed by atoms with van der Waals surface area (Å²) in [5.74, 6) is -0.262. The SMILES string of the molecule is CC(=O)C(C)CCC(N)=O. The fraction of sp³-hybridized carbons (Fsp3) is 0.714. The van der Waals surface area contributed by atoms with E-state index >= 15 is 0 Å². The van der Waals surface area contributed by atoms with E-state index in [1.807, 2.05) is 0 Å². The Labute approximate surface area is 60.6 Å². The number of carbonyl (C=O) groups excluding carboxylic acids is 2. The van der Waals surface area contributed by atoms with Gasteiger partial charge in [-0.15, -0.1) is 0 Å². The van der Waals surface area contributed by atoms with E-state index in [0.717, 1.165) is 0 Å². The van der Waals surface area contributed by atoms with Crippen LogP contribution in [0.1, 0.15) is 26.7 Å². The largest absolute Gasteiger partial charge is 0.370 e. The van der Waals surface area contributed by atoms with Crippen molar-refractivity contribution >= 4 is 11.7 Å². The molecular formula is C7H13NO2. The summed E-state index contributed by atoms with van der Waals surface area (Å²) in [5.41, 5.74) is 4.89. The van der Waals surface area contributed by atoms with Crippen molar-refractivity contribution in [2.45, 2.75) is 26.7 Å². The monoisotopic (exact) mass is 143 g/mol. The molecule has 1 unspecified atom stereocenters. The van der Waals surface area contributed by atoms with Gasteiger partial charge in [0.2, 0.25) is 5.91 Å². The second kappa shape index (κ2) is 4.04. The van der Waals surface area contributed by atoms with Crippen molar-refractivity contribution in [1.29, 1.82) is 0 Å². The Morgan fingerprint density at radius 3 is 2.30 bits per heavy atom. The van der Waals surface area contributed by atoms with Crippen molar-refractivity contribution in [3.8, 4) is 0 Å². The van der Waals surface area contributed by atoms with Gasteiger partial charge in [-0.05, 0) is 13.3 Å². The smallest absolute Gasteiger partial charge is 0.217 e. The molecule has 1 atom stereocenters. The molecule has 0 fully saturated rings. The highest BCUT2D eigenvalue weighted by molar-refractivity contribution is 5.79. The molecular weight excluding hydrogens is 130 g/mol. The van der Waals surface area contributed by atoms with E-state index in [1.165, 1.54) is 6.92 Å². The van der Waals surface area contributed by atoms with E-state index in [0.29, 0.717) is 12.8 Å². The van der Waals surface area contributed by atoms with Crippen LogP contribution >= 0.6 is 0 Å². The number of carbonyl (C=O) groups is 2. The maximum absolute atomic E-state index is 10.6. The minimum absolute atomic E-state index is 0.0347. The molecule has 0 saturated heterocycles. The summed E-state index contributed by atoms with van der Waals surface area (Å²) in [6.45, 7) is 3.32. The summed E-state index contributed by atoms with van der Waals surface area (Å²) in [4.78, 5) is 20.8. The van der Waals surface area contributed by atoms with Crippen LogP contribution in [-0.4, -0.2) is 11.7 Å². The van der Waals surface area contributed by atoms with Gasteiger partial charge in [-0.1, -0.05) is 6.92 Å². The average Bonchev–Trinajstić information content (AvgIpc) is 1.82. The van der Waals surface area contributed by atoms with Crippen molar-refractivity contribution in [1.82, 2.24) is 0 Å². The predicted octanol–water partition coefficient (Wildman–Crippen LogP) is 0.477. The van der Waals surface area contributed by atoms with Crippen LogP contribution in [-0.2, 0) is 9.59 Å². The molecule has 0 aromatic carbocycles. The predicted molar refractivity (Wildman–Crippen MR) is 38.3 cm³/mol. The fourth-order valence-corrected chi connectivity index (χ4v) is 0.562. The highest BCUT2D eigenvalue weighted by atomic mass is 16.1. The van der Waals surface area contributed by atoms with Crippen molar-refractivity contribution in [3.05, 3.63) is 0 Å². The quantitative estimate of drug-likeness (QED) is 0.622. The molecule has 0 aliphatic heterocycles. The van der Waals surface area contributed by atoms with Gasteiger partial charge in [0.05, 0.1) is 0 Å². The summed E-state index contributed by atoms with van der Waals surface area (Å²) < 4.78 is 0. The van der Waals surface area contributed by atoms with Gasteiger partial charge < -0.3 is 5.73 Å². The Morgan fingerprint density at radius 2 is 2.00 bits per heavy atom. The molecule has 1 amide bonds. The molecule has 0 bridgehead atoms. The minimum atomic E-state index is -0.340. The number of Topliss-reactive ketones (excluding diaryl/α,β-unsaturated/α-hetero) is 1. The molecule has 0 aromatic rings. The first-order chi connectivity index (χ1) is 4.54. The number of ketones is 1. The van der Waals surface area contributed by atoms with Crippen LogP contribution in [0.2, 0.25) is 0 Å². The lowest BCUT2D eigenvalue weighted by Gasteiger charge is -2.03. The van der Waals surface area contributed by atoms with Crippen molar-refractivity contribution in [2.75, 3.05) is 0 Å². The van der Waals surface area contributed by atoms with Gasteiger partial charge in [0.1, 0.15) is 5.78 Å². The third-order valence-corrected chi connectivity index (χ3v) is 1.52. The van der Waals surface area contributed by atoms with Gasteiger partial charge in [-0.2, -0.15) is 0 Å². The summed E-state index contributed by atoms with van der Waals surface area (Å²) in [6.07, 6.45) is 0.880. The summed E-state index contributed by atoms with van der Waals surface area (Å²) in [5, 5.41) is 0. The maximum atomic E-state index is 10.6. The van der Waals surface area contributed by atoms with Crippen LogP contribution in [0.3, 0.4) is 0 Å². The highest BCUT2D eigenvalue weighted by Gasteiger charge is 2.07. The Bertz CT molecular complexity index is 143. The van der Waals surface area contributed by atoms with Gasteiger partial charge in [0.15, 0.2) is 0 Å². The Hall–Kier alpha value is -0.860. The van der Waals surface area contributed by atoms with E-state index in [2.05, 4.69) is 0 Å². The Morgan fingerprint density at radius 1 is 1.50 bits per heavy atom. The molecule has 0 aliphatic carbocycles. The molecule has 0 rings (SSSR count). The maximum Gasteiger partial charge on any atom is 0.217 e. The lowest BCUT2D eigenvalue weighted by molar-refractivity contribution is -0.121. The average molecular weight is 143 g/mol. The van der Waals surface area contributed by atoms with E-state index < -0.39 is 0 Å². The zero-order valence-corrected chi connectivity index (χ0v) is 6.39. The first kappa shape index (κ1) is 9.14. The lowest BCUT2D eigenvalue weighted by Crippen LogP contribution is -2.14. The Balaban J connectivity index is 3.49. The number of primary amides is 1. The van der Waals surface area contributed by atoms with Crippen LogP contribution in [0, 0.1) is 5.92 Å². The van der Waals surface area contributed by atoms with E-state index in [-0.39, 0.29) is 17.6 Å². The Kier molecular flexibility index (Phi) is 3.69. The molecule has 0 aliphatic rings. The van der Waals surface area contributed by atoms with Gasteiger partial charge >= 0.3 is 0 Å². The molecule has 3 heteroatoms. The van der Waals surface area contributed by atoms with Crippen molar-refractivity contribution < 1.29 is 9.59 Å². The van der Waals surface area contributed by atoms with Gasteiger partial charge in [-0.25, -0.2) is 0 Å². The van der Waals surface area contributed by atoms with Gasteiger partial charge in [0.25, 0.3) is 0 Å².